The molecule has 0 aliphatic rings. The van der Waals surface area contributed by atoms with Crippen LogP contribution < -0.4 is 10.7 Å². The molecule has 24 heavy (non-hydrogen) atoms. The number of anilines is 1. The Balaban J connectivity index is 1.92. The highest BCUT2D eigenvalue weighted by atomic mass is 79.9. The van der Waals surface area contributed by atoms with Crippen LogP contribution in [0.4, 0.5) is 5.69 Å². The molecule has 0 bridgehead atoms. The molecule has 0 saturated heterocycles. The normalized spacial score (nSPS) is 10.8. The number of rotatable bonds is 5. The molecule has 0 aliphatic heterocycles. The summed E-state index contributed by atoms with van der Waals surface area (Å²) in [4.78, 5) is 11.7. The zero-order valence-corrected chi connectivity index (χ0v) is 15.8. The van der Waals surface area contributed by atoms with E-state index >= 15 is 0 Å². The van der Waals surface area contributed by atoms with Crippen LogP contribution in [0.3, 0.4) is 0 Å². The molecule has 0 fully saturated rings. The molecule has 0 radical (unpaired) electrons. The van der Waals surface area contributed by atoms with Crippen molar-refractivity contribution in [2.45, 2.75) is 6.92 Å². The van der Waals surface area contributed by atoms with E-state index in [9.17, 15) is 15.0 Å². The maximum atomic E-state index is 11.7. The molecule has 0 aromatic heterocycles. The summed E-state index contributed by atoms with van der Waals surface area (Å²) < 4.78 is 0.534. The van der Waals surface area contributed by atoms with E-state index in [4.69, 9.17) is 0 Å². The number of nitrogens with zero attached hydrogens (tertiary/aromatic N) is 1. The van der Waals surface area contributed by atoms with E-state index in [1.54, 1.807) is 0 Å². The van der Waals surface area contributed by atoms with E-state index in [0.717, 1.165) is 11.3 Å². The van der Waals surface area contributed by atoms with E-state index in [1.807, 2.05) is 31.2 Å². The van der Waals surface area contributed by atoms with Gasteiger partial charge >= 0.3 is 0 Å². The minimum absolute atomic E-state index is 0.0648. The average Bonchev–Trinajstić information content (AvgIpc) is 2.57. The number of hydrogen-bond acceptors (Lipinski definition) is 5. The summed E-state index contributed by atoms with van der Waals surface area (Å²) in [7, 11) is 0. The molecule has 0 aliphatic carbocycles. The van der Waals surface area contributed by atoms with Gasteiger partial charge in [0.25, 0.3) is 5.91 Å². The van der Waals surface area contributed by atoms with Crippen molar-refractivity contribution in [2.24, 2.45) is 5.10 Å². The van der Waals surface area contributed by atoms with Gasteiger partial charge in [0.05, 0.1) is 17.2 Å². The Labute approximate surface area is 155 Å². The number of amides is 1. The van der Waals surface area contributed by atoms with E-state index < -0.39 is 0 Å². The van der Waals surface area contributed by atoms with E-state index in [2.05, 4.69) is 47.7 Å². The van der Waals surface area contributed by atoms with Gasteiger partial charge in [-0.1, -0.05) is 17.7 Å². The lowest BCUT2D eigenvalue weighted by Crippen LogP contribution is -2.25. The zero-order chi connectivity index (χ0) is 17.7. The summed E-state index contributed by atoms with van der Waals surface area (Å²) in [5.74, 6) is -0.620. The van der Waals surface area contributed by atoms with Gasteiger partial charge < -0.3 is 15.5 Å². The Bertz CT molecular complexity index is 777. The van der Waals surface area contributed by atoms with Crippen molar-refractivity contribution in [1.82, 2.24) is 5.43 Å². The van der Waals surface area contributed by atoms with Gasteiger partial charge in [-0.2, -0.15) is 5.10 Å². The number of hydrazone groups is 1. The van der Waals surface area contributed by atoms with Crippen molar-refractivity contribution >= 4 is 49.7 Å². The van der Waals surface area contributed by atoms with Gasteiger partial charge in [0, 0.05) is 11.3 Å². The fourth-order valence-corrected chi connectivity index (χ4v) is 2.94. The number of nitrogens with one attached hydrogen (secondary N) is 2. The predicted molar refractivity (Wildman–Crippen MR) is 101 cm³/mol. The topological polar surface area (TPSA) is 94.0 Å². The molecule has 8 heteroatoms. The molecule has 6 nitrogen and oxygen atoms in total. The Morgan fingerprint density at radius 1 is 1.21 bits per heavy atom. The highest BCUT2D eigenvalue weighted by Gasteiger charge is 2.12. The monoisotopic (exact) mass is 455 g/mol. The molecular formula is C16H15Br2N3O3. The highest BCUT2D eigenvalue weighted by Crippen LogP contribution is 2.40. The summed E-state index contributed by atoms with van der Waals surface area (Å²) in [6.45, 7) is 2.05. The van der Waals surface area contributed by atoms with Gasteiger partial charge in [0.1, 0.15) is 16.0 Å². The third kappa shape index (κ3) is 4.72. The SMILES string of the molecule is Cc1ccc(NCC(=O)N/N=C/c2cc(Br)c(O)c(Br)c2O)cc1. The third-order valence-corrected chi connectivity index (χ3v) is 4.45. The Morgan fingerprint density at radius 2 is 1.88 bits per heavy atom. The van der Waals surface area contributed by atoms with Gasteiger partial charge in [0.15, 0.2) is 0 Å². The first-order valence-corrected chi connectivity index (χ1v) is 8.49. The van der Waals surface area contributed by atoms with Gasteiger partial charge in [-0.25, -0.2) is 5.43 Å². The predicted octanol–water partition coefficient (Wildman–Crippen LogP) is 3.49. The second-order valence-electron chi connectivity index (χ2n) is 4.97. The molecule has 4 N–H and O–H groups in total. The van der Waals surface area contributed by atoms with Crippen LogP contribution in [0.5, 0.6) is 11.5 Å². The van der Waals surface area contributed by atoms with Crippen LogP contribution in [0.15, 0.2) is 44.4 Å². The number of carbonyl (C=O) groups excluding carboxylic acids is 1. The molecule has 0 atom stereocenters. The lowest BCUT2D eigenvalue weighted by molar-refractivity contribution is -0.119. The third-order valence-electron chi connectivity index (χ3n) is 3.10. The first-order chi connectivity index (χ1) is 11.4. The van der Waals surface area contributed by atoms with Gasteiger partial charge in [-0.3, -0.25) is 4.79 Å². The number of benzene rings is 2. The Morgan fingerprint density at radius 3 is 2.54 bits per heavy atom. The molecule has 0 heterocycles. The number of phenolic OH excluding ortho intramolecular Hbond substituents is 2. The summed E-state index contributed by atoms with van der Waals surface area (Å²) in [6.07, 6.45) is 1.29. The fourth-order valence-electron chi connectivity index (χ4n) is 1.78. The number of phenols is 2. The molecule has 0 saturated carbocycles. The van der Waals surface area contributed by atoms with Crippen LogP contribution in [-0.4, -0.2) is 28.9 Å². The second-order valence-corrected chi connectivity index (χ2v) is 6.62. The van der Waals surface area contributed by atoms with Crippen molar-refractivity contribution in [3.8, 4) is 11.5 Å². The molecule has 2 rings (SSSR count). The van der Waals surface area contributed by atoms with Gasteiger partial charge in [0.2, 0.25) is 0 Å². The first kappa shape index (κ1) is 18.3. The Kier molecular flexibility index (Phi) is 6.22. The van der Waals surface area contributed by atoms with Crippen molar-refractivity contribution in [2.75, 3.05) is 11.9 Å². The average molecular weight is 457 g/mol. The maximum Gasteiger partial charge on any atom is 0.259 e. The van der Waals surface area contributed by atoms with E-state index in [-0.39, 0.29) is 28.4 Å². The van der Waals surface area contributed by atoms with Crippen LogP contribution in [0.2, 0.25) is 0 Å². The number of halogens is 2. The van der Waals surface area contributed by atoms with Crippen LogP contribution in [0, 0.1) is 6.92 Å². The standard InChI is InChI=1S/C16H15Br2N3O3/c1-9-2-4-11(5-3-9)19-8-13(22)21-20-7-10-6-12(17)16(24)14(18)15(10)23/h2-7,19,23-24H,8H2,1H3,(H,21,22)/b20-7+. The zero-order valence-electron chi connectivity index (χ0n) is 12.7. The van der Waals surface area contributed by atoms with E-state index in [1.165, 1.54) is 12.3 Å². The number of hydrogen-bond donors (Lipinski definition) is 4. The second kappa shape index (κ2) is 8.16. The van der Waals surface area contributed by atoms with E-state index in [0.29, 0.717) is 10.0 Å². The molecule has 1 amide bonds. The first-order valence-electron chi connectivity index (χ1n) is 6.91. The molecular weight excluding hydrogens is 442 g/mol. The van der Waals surface area contributed by atoms with Crippen molar-refractivity contribution in [3.63, 3.8) is 0 Å². The highest BCUT2D eigenvalue weighted by molar-refractivity contribution is 9.11. The minimum Gasteiger partial charge on any atom is -0.506 e. The molecule has 2 aromatic carbocycles. The van der Waals surface area contributed by atoms with Crippen LogP contribution in [0.25, 0.3) is 0 Å². The molecule has 0 unspecified atom stereocenters. The Hall–Kier alpha value is -2.06. The van der Waals surface area contributed by atoms with Crippen molar-refractivity contribution in [3.05, 3.63) is 50.4 Å². The molecule has 126 valence electrons. The lowest BCUT2D eigenvalue weighted by atomic mass is 10.2. The summed E-state index contributed by atoms with van der Waals surface area (Å²) in [5.41, 5.74) is 4.67. The van der Waals surface area contributed by atoms with Crippen molar-refractivity contribution < 1.29 is 15.0 Å². The molecule has 2 aromatic rings. The summed E-state index contributed by atoms with van der Waals surface area (Å²) in [6, 6.07) is 9.14. The quantitative estimate of drug-likeness (QED) is 0.409. The molecule has 0 spiro atoms. The fraction of sp³-hybridized carbons (Fsp3) is 0.125. The van der Waals surface area contributed by atoms with Crippen molar-refractivity contribution in [1.29, 1.82) is 0 Å². The smallest absolute Gasteiger partial charge is 0.259 e. The van der Waals surface area contributed by atoms with Crippen LogP contribution in [-0.2, 0) is 4.79 Å². The summed E-state index contributed by atoms with van der Waals surface area (Å²) in [5, 5.41) is 26.3. The number of aryl methyl sites for hydroxylation is 1. The lowest BCUT2D eigenvalue weighted by Gasteiger charge is -2.07. The minimum atomic E-state index is -0.330. The number of aromatic hydroxyl groups is 2. The summed E-state index contributed by atoms with van der Waals surface area (Å²) >= 11 is 6.23. The van der Waals surface area contributed by atoms with Gasteiger partial charge in [-0.15, -0.1) is 0 Å². The van der Waals surface area contributed by atoms with Crippen LogP contribution >= 0.6 is 31.9 Å². The largest absolute Gasteiger partial charge is 0.506 e. The van der Waals surface area contributed by atoms with Gasteiger partial charge in [-0.05, 0) is 57.0 Å². The number of carbonyl (C=O) groups is 1. The maximum absolute atomic E-state index is 11.7. The van der Waals surface area contributed by atoms with Crippen LogP contribution in [0.1, 0.15) is 11.1 Å².